The van der Waals surface area contributed by atoms with Crippen molar-refractivity contribution in [2.24, 2.45) is 0 Å². The van der Waals surface area contributed by atoms with Crippen LogP contribution in [0.15, 0.2) is 18.2 Å². The summed E-state index contributed by atoms with van der Waals surface area (Å²) in [5.41, 5.74) is 1.83. The number of benzene rings is 1. The zero-order valence-electron chi connectivity index (χ0n) is 12.2. The average Bonchev–Trinajstić information content (AvgIpc) is 2.38. The summed E-state index contributed by atoms with van der Waals surface area (Å²) >= 11 is 1.84. The van der Waals surface area contributed by atoms with E-state index < -0.39 is 0 Å². The molecule has 106 valence electrons. The van der Waals surface area contributed by atoms with E-state index in [1.807, 2.05) is 36.9 Å². The molecule has 0 saturated heterocycles. The zero-order valence-corrected chi connectivity index (χ0v) is 13.0. The lowest BCUT2D eigenvalue weighted by Gasteiger charge is -2.19. The van der Waals surface area contributed by atoms with Gasteiger partial charge in [0.15, 0.2) is 5.78 Å². The van der Waals surface area contributed by atoms with E-state index in [9.17, 15) is 4.79 Å². The molecule has 1 rings (SSSR count). The van der Waals surface area contributed by atoms with Gasteiger partial charge >= 0.3 is 0 Å². The summed E-state index contributed by atoms with van der Waals surface area (Å²) in [5.74, 6) is 2.08. The largest absolute Gasteiger partial charge is 0.494 e. The van der Waals surface area contributed by atoms with Crippen molar-refractivity contribution in [1.82, 2.24) is 4.90 Å². The van der Waals surface area contributed by atoms with Crippen LogP contribution in [0.3, 0.4) is 0 Å². The number of carbonyl (C=O) groups excluding carboxylic acids is 1. The Morgan fingerprint density at radius 2 is 2.16 bits per heavy atom. The van der Waals surface area contributed by atoms with E-state index in [1.54, 1.807) is 6.92 Å². The van der Waals surface area contributed by atoms with Gasteiger partial charge in [-0.05, 0) is 45.4 Å². The Hall–Kier alpha value is -1.00. The molecule has 0 bridgehead atoms. The summed E-state index contributed by atoms with van der Waals surface area (Å²) in [6.07, 6.45) is 2.11. The highest BCUT2D eigenvalue weighted by atomic mass is 32.2. The fraction of sp³-hybridized carbons (Fsp3) is 0.533. The zero-order chi connectivity index (χ0) is 14.3. The van der Waals surface area contributed by atoms with E-state index in [4.69, 9.17) is 4.74 Å². The van der Waals surface area contributed by atoms with E-state index in [2.05, 4.69) is 18.2 Å². The van der Waals surface area contributed by atoms with E-state index in [-0.39, 0.29) is 5.78 Å². The third kappa shape index (κ3) is 5.25. The van der Waals surface area contributed by atoms with Gasteiger partial charge in [-0.15, -0.1) is 0 Å². The minimum atomic E-state index is 0.0936. The summed E-state index contributed by atoms with van der Waals surface area (Å²) in [6, 6.07) is 5.68. The van der Waals surface area contributed by atoms with Crippen molar-refractivity contribution < 1.29 is 9.53 Å². The summed E-state index contributed by atoms with van der Waals surface area (Å²) in [5, 5.41) is 0. The molecule has 1 aromatic carbocycles. The number of Topliss-reactive ketones (excluding diaryl/α,β-unsaturated/α-hetero) is 1. The lowest BCUT2D eigenvalue weighted by molar-refractivity contribution is 0.101. The minimum absolute atomic E-state index is 0.0936. The van der Waals surface area contributed by atoms with Gasteiger partial charge in [0.1, 0.15) is 5.75 Å². The third-order valence-electron chi connectivity index (χ3n) is 2.88. The Kier molecular flexibility index (Phi) is 6.95. The Balaban J connectivity index is 2.87. The molecule has 0 aromatic heterocycles. The molecule has 0 aliphatic heterocycles. The molecule has 0 atom stereocenters. The van der Waals surface area contributed by atoms with Crippen molar-refractivity contribution in [3.05, 3.63) is 29.3 Å². The molecule has 4 heteroatoms. The highest BCUT2D eigenvalue weighted by Crippen LogP contribution is 2.22. The molecule has 0 saturated carbocycles. The number of rotatable bonds is 8. The fourth-order valence-electron chi connectivity index (χ4n) is 1.84. The summed E-state index contributed by atoms with van der Waals surface area (Å²) in [6.45, 7) is 6.03. The molecule has 0 N–H and O–H groups in total. The number of ether oxygens (including phenoxy) is 1. The average molecular weight is 281 g/mol. The SMILES string of the molecule is CCOc1ccc(C(C)=O)cc1CN(C)CCSC. The number of hydrogen-bond donors (Lipinski definition) is 0. The molecule has 0 fully saturated rings. The summed E-state index contributed by atoms with van der Waals surface area (Å²) in [4.78, 5) is 13.7. The molecular formula is C15H23NO2S. The van der Waals surface area contributed by atoms with Gasteiger partial charge in [0.05, 0.1) is 6.61 Å². The molecular weight excluding hydrogens is 258 g/mol. The van der Waals surface area contributed by atoms with Crippen LogP contribution < -0.4 is 4.74 Å². The number of ketones is 1. The quantitative estimate of drug-likeness (QED) is 0.685. The molecule has 19 heavy (non-hydrogen) atoms. The number of carbonyl (C=O) groups is 1. The number of nitrogens with zero attached hydrogens (tertiary/aromatic N) is 1. The van der Waals surface area contributed by atoms with Crippen molar-refractivity contribution in [2.75, 3.05) is 32.2 Å². The van der Waals surface area contributed by atoms with Crippen molar-refractivity contribution >= 4 is 17.5 Å². The normalized spacial score (nSPS) is 10.8. The van der Waals surface area contributed by atoms with Gasteiger partial charge in [0, 0.05) is 30.0 Å². The third-order valence-corrected chi connectivity index (χ3v) is 3.48. The fourth-order valence-corrected chi connectivity index (χ4v) is 2.33. The molecule has 0 amide bonds. The molecule has 0 unspecified atom stereocenters. The van der Waals surface area contributed by atoms with Gasteiger partial charge < -0.3 is 9.64 Å². The van der Waals surface area contributed by atoms with Crippen LogP contribution in [0.5, 0.6) is 5.75 Å². The van der Waals surface area contributed by atoms with E-state index >= 15 is 0 Å². The van der Waals surface area contributed by atoms with Crippen LogP contribution in [0, 0.1) is 0 Å². The van der Waals surface area contributed by atoms with Crippen LogP contribution in [0.2, 0.25) is 0 Å². The van der Waals surface area contributed by atoms with Crippen LogP contribution in [-0.4, -0.2) is 42.9 Å². The Morgan fingerprint density at radius 1 is 1.42 bits per heavy atom. The van der Waals surface area contributed by atoms with Crippen molar-refractivity contribution in [1.29, 1.82) is 0 Å². The van der Waals surface area contributed by atoms with E-state index in [1.165, 1.54) is 0 Å². The smallest absolute Gasteiger partial charge is 0.159 e. The first-order chi connectivity index (χ1) is 9.08. The van der Waals surface area contributed by atoms with Gasteiger partial charge in [0.2, 0.25) is 0 Å². The van der Waals surface area contributed by atoms with Gasteiger partial charge in [-0.25, -0.2) is 0 Å². The van der Waals surface area contributed by atoms with E-state index in [0.29, 0.717) is 6.61 Å². The van der Waals surface area contributed by atoms with Gasteiger partial charge in [-0.1, -0.05) is 0 Å². The molecule has 3 nitrogen and oxygen atoms in total. The van der Waals surface area contributed by atoms with E-state index in [0.717, 1.165) is 35.7 Å². The predicted molar refractivity (Wildman–Crippen MR) is 82.3 cm³/mol. The highest BCUT2D eigenvalue weighted by Gasteiger charge is 2.10. The van der Waals surface area contributed by atoms with Crippen LogP contribution >= 0.6 is 11.8 Å². The molecule has 1 aromatic rings. The van der Waals surface area contributed by atoms with Crippen LogP contribution in [0.4, 0.5) is 0 Å². The molecule has 0 spiro atoms. The molecule has 0 aliphatic rings. The summed E-state index contributed by atoms with van der Waals surface area (Å²) < 4.78 is 5.63. The Morgan fingerprint density at radius 3 is 2.74 bits per heavy atom. The first-order valence-electron chi connectivity index (χ1n) is 6.52. The maximum Gasteiger partial charge on any atom is 0.159 e. The Labute approximate surface area is 120 Å². The number of thioether (sulfide) groups is 1. The first kappa shape index (κ1) is 16.1. The van der Waals surface area contributed by atoms with Gasteiger partial charge in [0.25, 0.3) is 0 Å². The Bertz CT molecular complexity index is 421. The highest BCUT2D eigenvalue weighted by molar-refractivity contribution is 7.98. The van der Waals surface area contributed by atoms with Gasteiger partial charge in [-0.3, -0.25) is 4.79 Å². The number of hydrogen-bond acceptors (Lipinski definition) is 4. The second-order valence-corrected chi connectivity index (χ2v) is 5.53. The van der Waals surface area contributed by atoms with Crippen LogP contribution in [0.1, 0.15) is 29.8 Å². The molecule has 0 radical (unpaired) electrons. The van der Waals surface area contributed by atoms with Crippen molar-refractivity contribution in [3.8, 4) is 5.75 Å². The first-order valence-corrected chi connectivity index (χ1v) is 7.92. The monoisotopic (exact) mass is 281 g/mol. The maximum atomic E-state index is 11.5. The second kappa shape index (κ2) is 8.23. The van der Waals surface area contributed by atoms with Crippen LogP contribution in [-0.2, 0) is 6.54 Å². The van der Waals surface area contributed by atoms with Crippen molar-refractivity contribution in [2.45, 2.75) is 20.4 Å². The van der Waals surface area contributed by atoms with Gasteiger partial charge in [-0.2, -0.15) is 11.8 Å². The molecule has 0 heterocycles. The minimum Gasteiger partial charge on any atom is -0.494 e. The van der Waals surface area contributed by atoms with Crippen LogP contribution in [0.25, 0.3) is 0 Å². The topological polar surface area (TPSA) is 29.5 Å². The summed E-state index contributed by atoms with van der Waals surface area (Å²) in [7, 11) is 2.09. The standard InChI is InChI=1S/C15H23NO2S/c1-5-18-15-7-6-13(12(2)17)10-14(15)11-16(3)8-9-19-4/h6-7,10H,5,8-9,11H2,1-4H3. The lowest BCUT2D eigenvalue weighted by Crippen LogP contribution is -2.21. The lowest BCUT2D eigenvalue weighted by atomic mass is 10.1. The molecule has 0 aliphatic carbocycles. The predicted octanol–water partition coefficient (Wildman–Crippen LogP) is 3.08. The maximum absolute atomic E-state index is 11.5. The second-order valence-electron chi connectivity index (χ2n) is 4.54. The van der Waals surface area contributed by atoms with Crippen molar-refractivity contribution in [3.63, 3.8) is 0 Å².